The minimum absolute atomic E-state index is 0.336. The highest BCUT2D eigenvalue weighted by molar-refractivity contribution is 6.06. The van der Waals surface area contributed by atoms with Gasteiger partial charge in [-0.25, -0.2) is 4.79 Å². The summed E-state index contributed by atoms with van der Waals surface area (Å²) in [5.74, 6) is 0.432. The lowest BCUT2D eigenvalue weighted by Crippen LogP contribution is -2.04. The first-order valence-electron chi connectivity index (χ1n) is 9.67. The zero-order valence-electron chi connectivity index (χ0n) is 17.2. The largest absolute Gasteiger partial charge is 0.495 e. The van der Waals surface area contributed by atoms with Gasteiger partial charge < -0.3 is 19.2 Å². The Morgan fingerprint density at radius 2 is 1.77 bits per heavy atom. The van der Waals surface area contributed by atoms with E-state index in [4.69, 9.17) is 13.9 Å². The summed E-state index contributed by atoms with van der Waals surface area (Å²) < 4.78 is 16.3. The first kappa shape index (κ1) is 19.6. The van der Waals surface area contributed by atoms with Gasteiger partial charge in [-0.05, 0) is 36.8 Å². The number of hydrogen-bond donors (Lipinski definition) is 1. The van der Waals surface area contributed by atoms with Gasteiger partial charge >= 0.3 is 5.97 Å². The van der Waals surface area contributed by atoms with Crippen LogP contribution in [-0.4, -0.2) is 26.7 Å². The molecule has 1 aromatic heterocycles. The molecule has 4 rings (SSSR count). The summed E-state index contributed by atoms with van der Waals surface area (Å²) in [5.41, 5.74) is 5.24. The molecule has 0 saturated carbocycles. The fourth-order valence-corrected chi connectivity index (χ4v) is 3.46. The lowest BCUT2D eigenvalue weighted by atomic mass is 10.1. The van der Waals surface area contributed by atoms with Crippen LogP contribution in [0.4, 0.5) is 5.69 Å². The maximum Gasteiger partial charge on any atom is 0.337 e. The van der Waals surface area contributed by atoms with Gasteiger partial charge in [-0.1, -0.05) is 42.0 Å². The molecule has 0 aliphatic heterocycles. The molecule has 0 saturated heterocycles. The number of carbonyl (C=O) groups is 1. The van der Waals surface area contributed by atoms with Gasteiger partial charge in [-0.15, -0.1) is 0 Å². The number of esters is 1. The average molecular weight is 401 g/mol. The van der Waals surface area contributed by atoms with Crippen LogP contribution in [0.1, 0.15) is 22.8 Å². The number of nitrogens with one attached hydrogen (secondary N) is 1. The molecule has 0 aliphatic carbocycles. The predicted octanol–water partition coefficient (Wildman–Crippen LogP) is 5.90. The van der Waals surface area contributed by atoms with Gasteiger partial charge in [0.25, 0.3) is 0 Å². The van der Waals surface area contributed by atoms with E-state index in [0.29, 0.717) is 12.1 Å². The molecule has 152 valence electrons. The predicted molar refractivity (Wildman–Crippen MR) is 120 cm³/mol. The second-order valence-electron chi connectivity index (χ2n) is 7.10. The number of anilines is 1. The molecule has 5 nitrogen and oxygen atoms in total. The molecule has 1 heterocycles. The summed E-state index contributed by atoms with van der Waals surface area (Å²) in [6.07, 6.45) is 2.07. The van der Waals surface area contributed by atoms with Crippen molar-refractivity contribution in [2.24, 2.45) is 0 Å². The number of rotatable bonds is 6. The molecule has 0 radical (unpaired) electrons. The van der Waals surface area contributed by atoms with E-state index in [1.54, 1.807) is 19.2 Å². The fraction of sp³-hybridized carbons (Fsp3) is 0.160. The lowest BCUT2D eigenvalue weighted by Gasteiger charge is -2.12. The second-order valence-corrected chi connectivity index (χ2v) is 7.10. The van der Waals surface area contributed by atoms with Crippen molar-refractivity contribution in [2.75, 3.05) is 26.1 Å². The Balaban J connectivity index is 1.54. The Labute approximate surface area is 174 Å². The second kappa shape index (κ2) is 8.33. The molecule has 0 aliphatic rings. The highest BCUT2D eigenvalue weighted by Gasteiger charge is 2.12. The normalized spacial score (nSPS) is 11.6. The van der Waals surface area contributed by atoms with Gasteiger partial charge in [0.1, 0.15) is 16.9 Å². The maximum absolute atomic E-state index is 11.5. The number of fused-ring (bicyclic) bond motifs is 3. The Morgan fingerprint density at radius 1 is 1.00 bits per heavy atom. The van der Waals surface area contributed by atoms with Crippen LogP contribution in [0.25, 0.3) is 28.0 Å². The third-order valence-electron chi connectivity index (χ3n) is 5.00. The monoisotopic (exact) mass is 401 g/mol. The summed E-state index contributed by atoms with van der Waals surface area (Å²) in [4.78, 5) is 11.5. The van der Waals surface area contributed by atoms with Crippen LogP contribution in [0, 0.1) is 0 Å². The molecule has 4 aromatic rings. The van der Waals surface area contributed by atoms with Crippen molar-refractivity contribution < 1.29 is 18.7 Å². The molecular formula is C25H23NO4. The van der Waals surface area contributed by atoms with Crippen molar-refractivity contribution in [2.45, 2.75) is 6.92 Å². The molecular weight excluding hydrogens is 378 g/mol. The van der Waals surface area contributed by atoms with E-state index in [9.17, 15) is 4.79 Å². The number of benzene rings is 3. The third kappa shape index (κ3) is 3.87. The van der Waals surface area contributed by atoms with Crippen LogP contribution < -0.4 is 10.1 Å². The lowest BCUT2D eigenvalue weighted by molar-refractivity contribution is 0.0600. The van der Waals surface area contributed by atoms with Crippen molar-refractivity contribution >= 4 is 39.7 Å². The molecule has 5 heteroatoms. The summed E-state index contributed by atoms with van der Waals surface area (Å²) in [6, 6.07) is 19.3. The van der Waals surface area contributed by atoms with Crippen LogP contribution in [0.2, 0.25) is 0 Å². The van der Waals surface area contributed by atoms with Crippen LogP contribution in [0.15, 0.2) is 70.7 Å². The van der Waals surface area contributed by atoms with E-state index in [0.717, 1.165) is 44.5 Å². The zero-order valence-corrected chi connectivity index (χ0v) is 17.2. The Hall–Kier alpha value is -3.73. The maximum atomic E-state index is 11.5. The Bertz CT molecular complexity index is 1240. The molecule has 0 amide bonds. The van der Waals surface area contributed by atoms with Crippen LogP contribution in [0.3, 0.4) is 0 Å². The van der Waals surface area contributed by atoms with Crippen molar-refractivity contribution in [1.82, 2.24) is 0 Å². The molecule has 1 N–H and O–H groups in total. The minimum atomic E-state index is -0.336. The Kier molecular flexibility index (Phi) is 5.44. The van der Waals surface area contributed by atoms with Gasteiger partial charge in [-0.3, -0.25) is 0 Å². The number of carbonyl (C=O) groups excluding carboxylic acids is 1. The molecule has 3 aromatic carbocycles. The number of ether oxygens (including phenoxy) is 2. The number of hydrogen-bond acceptors (Lipinski definition) is 5. The van der Waals surface area contributed by atoms with Gasteiger partial charge in [-0.2, -0.15) is 0 Å². The van der Waals surface area contributed by atoms with E-state index in [1.165, 1.54) is 7.11 Å². The van der Waals surface area contributed by atoms with Gasteiger partial charge in [0.15, 0.2) is 0 Å². The quantitative estimate of drug-likeness (QED) is 0.408. The van der Waals surface area contributed by atoms with E-state index >= 15 is 0 Å². The smallest absolute Gasteiger partial charge is 0.337 e. The standard InChI is InChI=1S/C25H23NO4/c1-16(12-17-8-10-18(11-9-17)25(27)29-3)15-26-21-14-23-20(13-24(21)28-2)19-6-4-5-7-22(19)30-23/h4-14,26H,15H2,1-3H3/b16-12+. The van der Waals surface area contributed by atoms with Crippen molar-refractivity contribution in [3.05, 3.63) is 77.4 Å². The molecule has 30 heavy (non-hydrogen) atoms. The number of methoxy groups -OCH3 is 2. The van der Waals surface area contributed by atoms with Crippen LogP contribution >= 0.6 is 0 Å². The summed E-state index contributed by atoms with van der Waals surface area (Å²) in [6.45, 7) is 2.69. The third-order valence-corrected chi connectivity index (χ3v) is 5.00. The first-order valence-corrected chi connectivity index (χ1v) is 9.67. The van der Waals surface area contributed by atoms with Crippen molar-refractivity contribution in [3.8, 4) is 5.75 Å². The molecule has 0 atom stereocenters. The minimum Gasteiger partial charge on any atom is -0.495 e. The van der Waals surface area contributed by atoms with E-state index in [-0.39, 0.29) is 5.97 Å². The number of furan rings is 1. The first-order chi connectivity index (χ1) is 14.6. The topological polar surface area (TPSA) is 60.7 Å². The van der Waals surface area contributed by atoms with Crippen molar-refractivity contribution in [1.29, 1.82) is 0 Å². The highest BCUT2D eigenvalue weighted by Crippen LogP contribution is 2.36. The number of para-hydroxylation sites is 1. The molecule has 0 spiro atoms. The summed E-state index contributed by atoms with van der Waals surface area (Å²) in [5, 5.41) is 5.54. The SMILES string of the molecule is COC(=O)c1ccc(/C=C(\C)CNc2cc3oc4ccccc4c3cc2OC)cc1. The van der Waals surface area contributed by atoms with Gasteiger partial charge in [0.05, 0.1) is 25.5 Å². The fourth-order valence-electron chi connectivity index (χ4n) is 3.46. The Morgan fingerprint density at radius 3 is 2.50 bits per heavy atom. The summed E-state index contributed by atoms with van der Waals surface area (Å²) in [7, 11) is 3.04. The van der Waals surface area contributed by atoms with Crippen molar-refractivity contribution in [3.63, 3.8) is 0 Å². The highest BCUT2D eigenvalue weighted by atomic mass is 16.5. The molecule has 0 unspecified atom stereocenters. The van der Waals surface area contributed by atoms with Gasteiger partial charge in [0.2, 0.25) is 0 Å². The van der Waals surface area contributed by atoms with Gasteiger partial charge in [0, 0.05) is 23.4 Å². The zero-order chi connectivity index (χ0) is 21.1. The van der Waals surface area contributed by atoms with Crippen LogP contribution in [0.5, 0.6) is 5.75 Å². The van der Waals surface area contributed by atoms with E-state index in [2.05, 4.69) is 11.4 Å². The summed E-state index contributed by atoms with van der Waals surface area (Å²) >= 11 is 0. The molecule has 0 fully saturated rings. The molecule has 0 bridgehead atoms. The van der Waals surface area contributed by atoms with E-state index in [1.807, 2.05) is 55.5 Å². The van der Waals surface area contributed by atoms with E-state index < -0.39 is 0 Å². The average Bonchev–Trinajstić information content (AvgIpc) is 3.14. The van der Waals surface area contributed by atoms with Crippen LogP contribution in [-0.2, 0) is 4.74 Å².